The van der Waals surface area contributed by atoms with Crippen molar-refractivity contribution in [3.05, 3.63) is 5.01 Å². The fourth-order valence-corrected chi connectivity index (χ4v) is 2.13. The largest absolute Gasteiger partial charge is 0.480 e. The van der Waals surface area contributed by atoms with Crippen LogP contribution in [0, 0.1) is 5.92 Å². The fourth-order valence-electron chi connectivity index (χ4n) is 1.34. The molecule has 0 bridgehead atoms. The highest BCUT2D eigenvalue weighted by molar-refractivity contribution is 7.15. The molecule has 5 nitrogen and oxygen atoms in total. The summed E-state index contributed by atoms with van der Waals surface area (Å²) in [6.07, 6.45) is 0.805. The smallest absolute Gasteiger partial charge is 0.326 e. The summed E-state index contributed by atoms with van der Waals surface area (Å²) in [6, 6.07) is -0.604. The van der Waals surface area contributed by atoms with E-state index in [0.29, 0.717) is 11.0 Å². The van der Waals surface area contributed by atoms with Gasteiger partial charge in [-0.1, -0.05) is 45.5 Å². The van der Waals surface area contributed by atoms with Crippen molar-refractivity contribution in [3.8, 4) is 0 Å². The number of carbonyl (C=O) groups is 1. The lowest BCUT2D eigenvalue weighted by Gasteiger charge is -2.19. The number of rotatable bonds is 6. The minimum absolute atomic E-state index is 0.0545. The first-order chi connectivity index (χ1) is 7.95. The van der Waals surface area contributed by atoms with Gasteiger partial charge < -0.3 is 10.4 Å². The van der Waals surface area contributed by atoms with Crippen LogP contribution in [0.4, 0.5) is 5.13 Å². The molecular formula is C11H19N3O2S. The average Bonchev–Trinajstić information content (AvgIpc) is 2.73. The second-order valence-electron chi connectivity index (χ2n) is 4.45. The van der Waals surface area contributed by atoms with Crippen LogP contribution >= 0.6 is 11.3 Å². The zero-order chi connectivity index (χ0) is 13.0. The van der Waals surface area contributed by atoms with Crippen molar-refractivity contribution in [2.45, 2.75) is 46.1 Å². The summed E-state index contributed by atoms with van der Waals surface area (Å²) in [6.45, 7) is 7.96. The summed E-state index contributed by atoms with van der Waals surface area (Å²) in [7, 11) is 0. The summed E-state index contributed by atoms with van der Waals surface area (Å²) in [5.74, 6) is -0.477. The maximum Gasteiger partial charge on any atom is 0.326 e. The van der Waals surface area contributed by atoms with Crippen LogP contribution < -0.4 is 5.32 Å². The van der Waals surface area contributed by atoms with Crippen LogP contribution in [0.25, 0.3) is 0 Å². The normalized spacial score (nSPS) is 14.6. The molecule has 0 spiro atoms. The Labute approximate surface area is 105 Å². The number of aliphatic carboxylic acids is 1. The molecule has 0 aliphatic rings. The molecular weight excluding hydrogens is 238 g/mol. The van der Waals surface area contributed by atoms with Crippen molar-refractivity contribution in [1.82, 2.24) is 10.2 Å². The van der Waals surface area contributed by atoms with Gasteiger partial charge in [0.25, 0.3) is 0 Å². The number of carboxylic acid groups (broad SMARTS) is 1. The minimum atomic E-state index is -0.847. The molecule has 2 atom stereocenters. The summed E-state index contributed by atoms with van der Waals surface area (Å²) >= 11 is 1.42. The van der Waals surface area contributed by atoms with Crippen LogP contribution in [-0.2, 0) is 4.79 Å². The molecule has 17 heavy (non-hydrogen) atoms. The number of hydrogen-bond donors (Lipinski definition) is 2. The molecule has 6 heteroatoms. The lowest BCUT2D eigenvalue weighted by atomic mass is 10.00. The zero-order valence-electron chi connectivity index (χ0n) is 10.6. The monoisotopic (exact) mass is 257 g/mol. The zero-order valence-corrected chi connectivity index (χ0v) is 11.4. The second kappa shape index (κ2) is 5.95. The molecule has 2 N–H and O–H groups in total. The van der Waals surface area contributed by atoms with Crippen molar-refractivity contribution in [2.75, 3.05) is 5.32 Å². The predicted molar refractivity (Wildman–Crippen MR) is 68.5 cm³/mol. The lowest BCUT2D eigenvalue weighted by Crippen LogP contribution is -2.35. The molecule has 1 aromatic rings. The third kappa shape index (κ3) is 3.66. The Morgan fingerprint density at radius 1 is 1.41 bits per heavy atom. The van der Waals surface area contributed by atoms with E-state index < -0.39 is 12.0 Å². The van der Waals surface area contributed by atoms with Crippen LogP contribution in [0.1, 0.15) is 45.0 Å². The van der Waals surface area contributed by atoms with Gasteiger partial charge in [0.15, 0.2) is 0 Å². The van der Waals surface area contributed by atoms with Gasteiger partial charge in [-0.05, 0) is 5.92 Å². The van der Waals surface area contributed by atoms with Crippen molar-refractivity contribution in [2.24, 2.45) is 5.92 Å². The SMILES string of the molecule is CC[C@H](C)[C@H](Nc1nnc(C(C)C)s1)C(=O)O. The van der Waals surface area contributed by atoms with Gasteiger partial charge in [-0.25, -0.2) is 4.79 Å². The van der Waals surface area contributed by atoms with Crippen molar-refractivity contribution in [1.29, 1.82) is 0 Å². The first-order valence-electron chi connectivity index (χ1n) is 5.78. The van der Waals surface area contributed by atoms with Crippen LogP contribution in [0.3, 0.4) is 0 Å². The Kier molecular flexibility index (Phi) is 4.86. The second-order valence-corrected chi connectivity index (χ2v) is 5.46. The Balaban J connectivity index is 2.75. The molecule has 0 aromatic carbocycles. The molecule has 0 radical (unpaired) electrons. The molecule has 0 amide bonds. The number of anilines is 1. The molecule has 1 rings (SSSR count). The first kappa shape index (κ1) is 13.9. The standard InChI is InChI=1S/C11H19N3O2S/c1-5-7(4)8(10(15)16)12-11-14-13-9(17-11)6(2)3/h6-8H,5H2,1-4H3,(H,12,14)(H,15,16)/t7-,8-/m0/s1. The van der Waals surface area contributed by atoms with E-state index in [1.54, 1.807) is 0 Å². The average molecular weight is 257 g/mol. The topological polar surface area (TPSA) is 75.1 Å². The molecule has 0 fully saturated rings. The molecule has 1 heterocycles. The molecule has 0 saturated carbocycles. The molecule has 0 aliphatic carbocycles. The summed E-state index contributed by atoms with van der Waals surface area (Å²) in [4.78, 5) is 11.1. The van der Waals surface area contributed by atoms with E-state index in [2.05, 4.69) is 15.5 Å². The summed E-state index contributed by atoms with van der Waals surface area (Å²) < 4.78 is 0. The van der Waals surface area contributed by atoms with Crippen molar-refractivity contribution >= 4 is 22.4 Å². The van der Waals surface area contributed by atoms with E-state index in [-0.39, 0.29) is 5.92 Å². The van der Waals surface area contributed by atoms with Gasteiger partial charge in [0.2, 0.25) is 5.13 Å². The number of carboxylic acids is 1. The van der Waals surface area contributed by atoms with Gasteiger partial charge in [0.05, 0.1) is 0 Å². The third-order valence-electron chi connectivity index (χ3n) is 2.69. The highest BCUT2D eigenvalue weighted by atomic mass is 32.1. The van der Waals surface area contributed by atoms with Gasteiger partial charge in [0, 0.05) is 5.92 Å². The van der Waals surface area contributed by atoms with Gasteiger partial charge in [-0.3, -0.25) is 0 Å². The predicted octanol–water partition coefficient (Wildman–Crippen LogP) is 2.57. The number of nitrogens with one attached hydrogen (secondary N) is 1. The van der Waals surface area contributed by atoms with Crippen LogP contribution in [-0.4, -0.2) is 27.3 Å². The maximum absolute atomic E-state index is 11.1. The van der Waals surface area contributed by atoms with Gasteiger partial charge in [0.1, 0.15) is 11.0 Å². The van der Waals surface area contributed by atoms with Crippen molar-refractivity contribution in [3.63, 3.8) is 0 Å². The van der Waals surface area contributed by atoms with E-state index in [4.69, 9.17) is 5.11 Å². The van der Waals surface area contributed by atoms with E-state index >= 15 is 0 Å². The van der Waals surface area contributed by atoms with Gasteiger partial charge >= 0.3 is 5.97 Å². The van der Waals surface area contributed by atoms with E-state index in [1.165, 1.54) is 11.3 Å². The van der Waals surface area contributed by atoms with Gasteiger partial charge in [-0.2, -0.15) is 0 Å². The first-order valence-corrected chi connectivity index (χ1v) is 6.60. The van der Waals surface area contributed by atoms with E-state index in [1.807, 2.05) is 27.7 Å². The molecule has 1 aromatic heterocycles. The van der Waals surface area contributed by atoms with E-state index in [9.17, 15) is 4.79 Å². The Morgan fingerprint density at radius 2 is 2.06 bits per heavy atom. The summed E-state index contributed by atoms with van der Waals surface area (Å²) in [5, 5.41) is 21.6. The van der Waals surface area contributed by atoms with Crippen LogP contribution in [0.2, 0.25) is 0 Å². The Bertz CT molecular complexity index is 379. The Morgan fingerprint density at radius 3 is 2.47 bits per heavy atom. The maximum atomic E-state index is 11.1. The highest BCUT2D eigenvalue weighted by Gasteiger charge is 2.24. The Hall–Kier alpha value is -1.17. The quantitative estimate of drug-likeness (QED) is 0.819. The third-order valence-corrected chi connectivity index (χ3v) is 3.85. The summed E-state index contributed by atoms with van der Waals surface area (Å²) in [5.41, 5.74) is 0. The van der Waals surface area contributed by atoms with Gasteiger partial charge in [-0.15, -0.1) is 10.2 Å². The number of aromatic nitrogens is 2. The van der Waals surface area contributed by atoms with E-state index in [0.717, 1.165) is 11.4 Å². The molecule has 0 unspecified atom stereocenters. The molecule has 0 saturated heterocycles. The van der Waals surface area contributed by atoms with Crippen molar-refractivity contribution < 1.29 is 9.90 Å². The molecule has 0 aliphatic heterocycles. The van der Waals surface area contributed by atoms with Crippen LogP contribution in [0.15, 0.2) is 0 Å². The minimum Gasteiger partial charge on any atom is -0.480 e. The number of hydrogen-bond acceptors (Lipinski definition) is 5. The lowest BCUT2D eigenvalue weighted by molar-refractivity contribution is -0.139. The highest BCUT2D eigenvalue weighted by Crippen LogP contribution is 2.24. The fraction of sp³-hybridized carbons (Fsp3) is 0.727. The van der Waals surface area contributed by atoms with Crippen LogP contribution in [0.5, 0.6) is 0 Å². The number of nitrogens with zero attached hydrogens (tertiary/aromatic N) is 2. The molecule has 96 valence electrons.